The van der Waals surface area contributed by atoms with Crippen LogP contribution in [0.5, 0.6) is 17.2 Å². The number of esters is 1. The van der Waals surface area contributed by atoms with Crippen LogP contribution in [0.25, 0.3) is 6.08 Å². The molecule has 202 valence electrons. The predicted molar refractivity (Wildman–Crippen MR) is 148 cm³/mol. The van der Waals surface area contributed by atoms with Crippen molar-refractivity contribution in [3.63, 3.8) is 0 Å². The Bertz CT molecular complexity index is 1070. The highest BCUT2D eigenvalue weighted by molar-refractivity contribution is 6.07. The molecule has 0 radical (unpaired) electrons. The molecule has 2 aromatic carbocycles. The van der Waals surface area contributed by atoms with Crippen LogP contribution in [-0.4, -0.2) is 31.8 Å². The molecule has 0 aromatic heterocycles. The SMILES string of the molecule is CCCOc1cc(OCCC)c(C(C)(C)C)cc1/C=C/C(=O)c1ccc(OCOC(=O)C(C)(C)C)cc1. The minimum Gasteiger partial charge on any atom is -0.493 e. The van der Waals surface area contributed by atoms with E-state index in [4.69, 9.17) is 18.9 Å². The first-order chi connectivity index (χ1) is 17.4. The highest BCUT2D eigenvalue weighted by atomic mass is 16.7. The first-order valence-corrected chi connectivity index (χ1v) is 12.9. The average Bonchev–Trinajstić information content (AvgIpc) is 2.84. The van der Waals surface area contributed by atoms with Crippen molar-refractivity contribution in [3.05, 3.63) is 59.2 Å². The van der Waals surface area contributed by atoms with E-state index in [2.05, 4.69) is 40.7 Å². The fraction of sp³-hybridized carbons (Fsp3) is 0.484. The third-order valence-corrected chi connectivity index (χ3v) is 5.42. The molecule has 0 atom stereocenters. The van der Waals surface area contributed by atoms with Crippen molar-refractivity contribution in [2.45, 2.75) is 73.6 Å². The Morgan fingerprint density at radius 2 is 1.41 bits per heavy atom. The van der Waals surface area contributed by atoms with Gasteiger partial charge in [0.15, 0.2) is 5.78 Å². The summed E-state index contributed by atoms with van der Waals surface area (Å²) >= 11 is 0. The molecule has 0 saturated carbocycles. The zero-order chi connectivity index (χ0) is 27.6. The van der Waals surface area contributed by atoms with Gasteiger partial charge in [0.25, 0.3) is 0 Å². The number of hydrogen-bond donors (Lipinski definition) is 0. The van der Waals surface area contributed by atoms with Gasteiger partial charge in [-0.25, -0.2) is 0 Å². The van der Waals surface area contributed by atoms with Gasteiger partial charge in [0.1, 0.15) is 17.2 Å². The molecule has 6 nitrogen and oxygen atoms in total. The van der Waals surface area contributed by atoms with Crippen LogP contribution in [0, 0.1) is 5.41 Å². The predicted octanol–water partition coefficient (Wildman–Crippen LogP) is 7.38. The van der Waals surface area contributed by atoms with Crippen LogP contribution in [0.15, 0.2) is 42.5 Å². The van der Waals surface area contributed by atoms with Gasteiger partial charge in [-0.05, 0) is 81.5 Å². The lowest BCUT2D eigenvalue weighted by Crippen LogP contribution is -2.24. The van der Waals surface area contributed by atoms with Gasteiger partial charge >= 0.3 is 5.97 Å². The van der Waals surface area contributed by atoms with E-state index in [1.54, 1.807) is 57.2 Å². The molecule has 0 amide bonds. The van der Waals surface area contributed by atoms with E-state index in [-0.39, 0.29) is 24.0 Å². The Balaban J connectivity index is 2.20. The van der Waals surface area contributed by atoms with Crippen LogP contribution in [0.1, 0.15) is 89.7 Å². The summed E-state index contributed by atoms with van der Waals surface area (Å²) in [4.78, 5) is 24.7. The second-order valence-corrected chi connectivity index (χ2v) is 11.0. The third-order valence-electron chi connectivity index (χ3n) is 5.42. The maximum absolute atomic E-state index is 12.9. The summed E-state index contributed by atoms with van der Waals surface area (Å²) in [5, 5.41) is 0. The number of benzene rings is 2. The number of ether oxygens (including phenoxy) is 4. The van der Waals surface area contributed by atoms with Gasteiger partial charge in [0.05, 0.1) is 18.6 Å². The lowest BCUT2D eigenvalue weighted by molar-refractivity contribution is -0.159. The van der Waals surface area contributed by atoms with Crippen molar-refractivity contribution >= 4 is 17.8 Å². The number of carbonyl (C=O) groups excluding carboxylic acids is 2. The molecule has 0 fully saturated rings. The Labute approximate surface area is 222 Å². The Morgan fingerprint density at radius 1 is 0.811 bits per heavy atom. The Kier molecular flexibility index (Phi) is 10.8. The molecule has 6 heteroatoms. The van der Waals surface area contributed by atoms with Gasteiger partial charge in [-0.15, -0.1) is 0 Å². The summed E-state index contributed by atoms with van der Waals surface area (Å²) in [6.45, 7) is 16.9. The molecular weight excluding hydrogens is 468 g/mol. The fourth-order valence-electron chi connectivity index (χ4n) is 3.31. The molecule has 0 N–H and O–H groups in total. The lowest BCUT2D eigenvalue weighted by atomic mass is 9.85. The normalized spacial score (nSPS) is 11.9. The van der Waals surface area contributed by atoms with E-state index in [1.165, 1.54) is 0 Å². The van der Waals surface area contributed by atoms with Crippen molar-refractivity contribution in [2.75, 3.05) is 20.0 Å². The highest BCUT2D eigenvalue weighted by Gasteiger charge is 2.23. The summed E-state index contributed by atoms with van der Waals surface area (Å²) in [5.74, 6) is 1.53. The molecule has 0 heterocycles. The van der Waals surface area contributed by atoms with Crippen molar-refractivity contribution < 1.29 is 28.5 Å². The lowest BCUT2D eigenvalue weighted by Gasteiger charge is -2.25. The molecular formula is C31H42O6. The molecule has 0 bridgehead atoms. The number of hydrogen-bond acceptors (Lipinski definition) is 6. The zero-order valence-electron chi connectivity index (χ0n) is 23.6. The average molecular weight is 511 g/mol. The first kappa shape index (κ1) is 29.9. The summed E-state index contributed by atoms with van der Waals surface area (Å²) in [6, 6.07) is 10.7. The van der Waals surface area contributed by atoms with Gasteiger partial charge in [-0.2, -0.15) is 0 Å². The van der Waals surface area contributed by atoms with Crippen molar-refractivity contribution in [1.82, 2.24) is 0 Å². The summed E-state index contributed by atoms with van der Waals surface area (Å²) in [7, 11) is 0. The van der Waals surface area contributed by atoms with Gasteiger partial charge in [-0.1, -0.05) is 34.6 Å². The molecule has 0 saturated heterocycles. The first-order valence-electron chi connectivity index (χ1n) is 12.9. The summed E-state index contributed by atoms with van der Waals surface area (Å²) in [5.41, 5.74) is 1.67. The van der Waals surface area contributed by atoms with E-state index in [1.807, 2.05) is 6.07 Å². The fourth-order valence-corrected chi connectivity index (χ4v) is 3.31. The Morgan fingerprint density at radius 3 is 1.95 bits per heavy atom. The quantitative estimate of drug-likeness (QED) is 0.128. The maximum Gasteiger partial charge on any atom is 0.314 e. The van der Waals surface area contributed by atoms with E-state index in [0.29, 0.717) is 30.3 Å². The molecule has 0 spiro atoms. The van der Waals surface area contributed by atoms with Gasteiger partial charge < -0.3 is 18.9 Å². The van der Waals surface area contributed by atoms with Crippen LogP contribution in [0.2, 0.25) is 0 Å². The minimum absolute atomic E-state index is 0.143. The zero-order valence-corrected chi connectivity index (χ0v) is 23.6. The standard InChI is InChI=1S/C31H42O6/c1-9-17-34-27-20-28(35-18-10-2)25(30(3,4)5)19-23(27)13-16-26(32)22-11-14-24(15-12-22)36-21-37-29(33)31(6,7)8/h11-16,19-20H,9-10,17-18,21H2,1-8H3/b16-13+. The monoisotopic (exact) mass is 510 g/mol. The van der Waals surface area contributed by atoms with Crippen molar-refractivity contribution in [2.24, 2.45) is 5.41 Å². The van der Waals surface area contributed by atoms with Gasteiger partial charge in [0, 0.05) is 22.8 Å². The molecule has 2 aromatic rings. The number of ketones is 1. The maximum atomic E-state index is 12.9. The van der Waals surface area contributed by atoms with Crippen molar-refractivity contribution in [3.8, 4) is 17.2 Å². The van der Waals surface area contributed by atoms with Crippen LogP contribution >= 0.6 is 0 Å². The molecule has 0 aliphatic rings. The van der Waals surface area contributed by atoms with Gasteiger partial charge in [-0.3, -0.25) is 9.59 Å². The molecule has 0 aliphatic carbocycles. The minimum atomic E-state index is -0.593. The summed E-state index contributed by atoms with van der Waals surface area (Å²) in [6.07, 6.45) is 5.13. The Hall–Kier alpha value is -3.28. The van der Waals surface area contributed by atoms with Crippen LogP contribution < -0.4 is 14.2 Å². The molecule has 2 rings (SSSR count). The molecule has 0 unspecified atom stereocenters. The van der Waals surface area contributed by atoms with E-state index < -0.39 is 5.41 Å². The molecule has 0 aliphatic heterocycles. The third kappa shape index (κ3) is 9.27. The van der Waals surface area contributed by atoms with Crippen molar-refractivity contribution in [1.29, 1.82) is 0 Å². The second-order valence-electron chi connectivity index (χ2n) is 11.0. The summed E-state index contributed by atoms with van der Waals surface area (Å²) < 4.78 is 22.6. The molecule has 37 heavy (non-hydrogen) atoms. The smallest absolute Gasteiger partial charge is 0.314 e. The van der Waals surface area contributed by atoms with Crippen LogP contribution in [0.4, 0.5) is 0 Å². The largest absolute Gasteiger partial charge is 0.493 e. The number of rotatable bonds is 12. The van der Waals surface area contributed by atoms with Gasteiger partial charge in [0.2, 0.25) is 6.79 Å². The highest BCUT2D eigenvalue weighted by Crippen LogP contribution is 2.37. The van der Waals surface area contributed by atoms with E-state index in [0.717, 1.165) is 29.7 Å². The van der Waals surface area contributed by atoms with E-state index >= 15 is 0 Å². The van der Waals surface area contributed by atoms with Crippen LogP contribution in [-0.2, 0) is 14.9 Å². The van der Waals surface area contributed by atoms with E-state index in [9.17, 15) is 9.59 Å². The topological polar surface area (TPSA) is 71.1 Å². The van der Waals surface area contributed by atoms with Crippen LogP contribution in [0.3, 0.4) is 0 Å². The number of carbonyl (C=O) groups is 2. The number of allylic oxidation sites excluding steroid dienone is 1. The second kappa shape index (κ2) is 13.3.